The molecule has 0 bridgehead atoms. The van der Waals surface area contributed by atoms with Crippen LogP contribution in [0.15, 0.2) is 60.0 Å². The number of aryl methyl sites for hydroxylation is 1. The highest BCUT2D eigenvalue weighted by atomic mass is 32.2. The molecule has 3 atom stereocenters. The fraction of sp³-hybridized carbons (Fsp3) is 0.318. The third-order valence-electron chi connectivity index (χ3n) is 5.57. The van der Waals surface area contributed by atoms with Gasteiger partial charge in [-0.2, -0.15) is 0 Å². The summed E-state index contributed by atoms with van der Waals surface area (Å²) in [7, 11) is 0. The molecule has 2 aliphatic heterocycles. The number of pyridine rings is 2. The predicted octanol–water partition coefficient (Wildman–Crippen LogP) is 4.47. The lowest BCUT2D eigenvalue weighted by molar-refractivity contribution is 0.320. The first-order valence-corrected chi connectivity index (χ1v) is 10.5. The lowest BCUT2D eigenvalue weighted by Crippen LogP contribution is -2.28. The van der Waals surface area contributed by atoms with Gasteiger partial charge in [-0.15, -0.1) is 0 Å². The molecule has 142 valence electrons. The zero-order valence-corrected chi connectivity index (χ0v) is 17.1. The summed E-state index contributed by atoms with van der Waals surface area (Å²) in [6, 6.07) is 12.7. The van der Waals surface area contributed by atoms with E-state index in [1.54, 1.807) is 0 Å². The Kier molecular flexibility index (Phi) is 4.23. The second-order valence-corrected chi connectivity index (χ2v) is 8.92. The highest BCUT2D eigenvalue weighted by Gasteiger charge is 2.44. The SMILES string of the molecule is Cc1cc(C2C(c3ccccn3)N=C3SC(C)CN32)c(C)n1-c1cccnc1. The van der Waals surface area contributed by atoms with Crippen molar-refractivity contribution in [3.8, 4) is 5.69 Å². The van der Waals surface area contributed by atoms with E-state index in [0.29, 0.717) is 5.25 Å². The van der Waals surface area contributed by atoms with E-state index >= 15 is 0 Å². The van der Waals surface area contributed by atoms with Crippen LogP contribution >= 0.6 is 11.8 Å². The molecule has 3 aromatic rings. The van der Waals surface area contributed by atoms with Crippen LogP contribution in [-0.2, 0) is 0 Å². The molecule has 3 unspecified atom stereocenters. The van der Waals surface area contributed by atoms with Gasteiger partial charge in [0.2, 0.25) is 0 Å². The van der Waals surface area contributed by atoms with Gasteiger partial charge < -0.3 is 9.47 Å². The highest BCUT2D eigenvalue weighted by Crippen LogP contribution is 2.48. The smallest absolute Gasteiger partial charge is 0.160 e. The standard InChI is InChI=1S/C22H23N5S/c1-14-11-18(16(3)27(14)17-7-6-9-23-12-17)21-20(19-8-4-5-10-24-19)25-22-26(21)13-15(2)28-22/h4-12,15,20-21H,13H2,1-3H3. The van der Waals surface area contributed by atoms with Gasteiger partial charge in [-0.3, -0.25) is 15.0 Å². The second kappa shape index (κ2) is 6.78. The number of fused-ring (bicyclic) bond motifs is 1. The van der Waals surface area contributed by atoms with Crippen molar-refractivity contribution in [2.45, 2.75) is 38.1 Å². The van der Waals surface area contributed by atoms with Crippen molar-refractivity contribution in [2.75, 3.05) is 6.54 Å². The third kappa shape index (κ3) is 2.75. The van der Waals surface area contributed by atoms with Crippen molar-refractivity contribution < 1.29 is 0 Å². The monoisotopic (exact) mass is 389 g/mol. The Bertz CT molecular complexity index is 1030. The molecule has 3 aromatic heterocycles. The minimum absolute atomic E-state index is 0.0269. The maximum absolute atomic E-state index is 5.10. The van der Waals surface area contributed by atoms with Crippen LogP contribution in [0.4, 0.5) is 0 Å². The van der Waals surface area contributed by atoms with Gasteiger partial charge in [0.15, 0.2) is 5.17 Å². The first kappa shape index (κ1) is 17.5. The van der Waals surface area contributed by atoms with E-state index in [1.165, 1.54) is 17.0 Å². The van der Waals surface area contributed by atoms with Crippen LogP contribution in [0.1, 0.15) is 41.7 Å². The molecule has 28 heavy (non-hydrogen) atoms. The largest absolute Gasteiger partial charge is 0.341 e. The summed E-state index contributed by atoms with van der Waals surface area (Å²) in [5.41, 5.74) is 5.92. The van der Waals surface area contributed by atoms with E-state index in [4.69, 9.17) is 4.99 Å². The Morgan fingerprint density at radius 2 is 2.00 bits per heavy atom. The normalized spacial score (nSPS) is 23.8. The maximum atomic E-state index is 5.10. The van der Waals surface area contributed by atoms with E-state index in [-0.39, 0.29) is 12.1 Å². The first-order chi connectivity index (χ1) is 13.6. The topological polar surface area (TPSA) is 46.3 Å². The molecule has 1 fully saturated rings. The number of amidine groups is 1. The lowest BCUT2D eigenvalue weighted by Gasteiger charge is -2.27. The van der Waals surface area contributed by atoms with Crippen LogP contribution in [0.25, 0.3) is 5.69 Å². The molecule has 0 amide bonds. The average molecular weight is 390 g/mol. The molecule has 5 nitrogen and oxygen atoms in total. The molecule has 2 aliphatic rings. The summed E-state index contributed by atoms with van der Waals surface area (Å²) in [4.78, 5) is 16.5. The van der Waals surface area contributed by atoms with Gasteiger partial charge in [0.1, 0.15) is 6.04 Å². The Labute approximate surface area is 169 Å². The summed E-state index contributed by atoms with van der Waals surface area (Å²) < 4.78 is 2.29. The van der Waals surface area contributed by atoms with Gasteiger partial charge >= 0.3 is 0 Å². The Balaban J connectivity index is 1.63. The van der Waals surface area contributed by atoms with Crippen LogP contribution in [0.3, 0.4) is 0 Å². The molecular weight excluding hydrogens is 366 g/mol. The van der Waals surface area contributed by atoms with Gasteiger partial charge in [0.05, 0.1) is 23.6 Å². The van der Waals surface area contributed by atoms with Crippen LogP contribution < -0.4 is 0 Å². The first-order valence-electron chi connectivity index (χ1n) is 9.65. The zero-order valence-electron chi connectivity index (χ0n) is 16.3. The quantitative estimate of drug-likeness (QED) is 0.663. The van der Waals surface area contributed by atoms with E-state index in [0.717, 1.165) is 23.1 Å². The maximum Gasteiger partial charge on any atom is 0.160 e. The van der Waals surface area contributed by atoms with Crippen LogP contribution in [0.2, 0.25) is 0 Å². The second-order valence-electron chi connectivity index (χ2n) is 7.51. The number of rotatable bonds is 3. The number of aromatic nitrogens is 3. The molecule has 0 N–H and O–H groups in total. The van der Waals surface area contributed by atoms with Gasteiger partial charge in [-0.25, -0.2) is 0 Å². The fourth-order valence-corrected chi connectivity index (χ4v) is 5.52. The highest BCUT2D eigenvalue weighted by molar-refractivity contribution is 8.14. The van der Waals surface area contributed by atoms with E-state index in [1.807, 2.05) is 42.5 Å². The van der Waals surface area contributed by atoms with Gasteiger partial charge in [-0.1, -0.05) is 24.8 Å². The number of hydrogen-bond acceptors (Lipinski definition) is 5. The molecular formula is C22H23N5S. The minimum Gasteiger partial charge on any atom is -0.341 e. The van der Waals surface area contributed by atoms with Crippen molar-refractivity contribution >= 4 is 16.9 Å². The number of nitrogens with zero attached hydrogens (tertiary/aromatic N) is 5. The molecule has 0 aliphatic carbocycles. The van der Waals surface area contributed by atoms with Crippen LogP contribution in [-0.4, -0.2) is 36.4 Å². The van der Waals surface area contributed by atoms with Gasteiger partial charge in [-0.05, 0) is 49.7 Å². The van der Waals surface area contributed by atoms with Crippen molar-refractivity contribution in [2.24, 2.45) is 4.99 Å². The summed E-state index contributed by atoms with van der Waals surface area (Å²) in [6.45, 7) is 7.66. The van der Waals surface area contributed by atoms with Gasteiger partial charge in [0.25, 0.3) is 0 Å². The Hall–Kier alpha value is -2.60. The molecule has 0 radical (unpaired) electrons. The molecule has 5 rings (SSSR count). The summed E-state index contributed by atoms with van der Waals surface area (Å²) in [5.74, 6) is 0. The Morgan fingerprint density at radius 3 is 2.75 bits per heavy atom. The molecule has 6 heteroatoms. The van der Waals surface area contributed by atoms with E-state index in [2.05, 4.69) is 64.5 Å². The van der Waals surface area contributed by atoms with E-state index < -0.39 is 0 Å². The zero-order chi connectivity index (χ0) is 19.3. The molecule has 5 heterocycles. The summed E-state index contributed by atoms with van der Waals surface area (Å²) in [6.07, 6.45) is 5.60. The van der Waals surface area contributed by atoms with Gasteiger partial charge in [0, 0.05) is 35.6 Å². The summed E-state index contributed by atoms with van der Waals surface area (Å²) >= 11 is 1.88. The van der Waals surface area contributed by atoms with Crippen LogP contribution in [0, 0.1) is 13.8 Å². The minimum atomic E-state index is 0.0269. The van der Waals surface area contributed by atoms with E-state index in [9.17, 15) is 0 Å². The van der Waals surface area contributed by atoms with Crippen LogP contribution in [0.5, 0.6) is 0 Å². The van der Waals surface area contributed by atoms with Crippen molar-refractivity contribution in [1.82, 2.24) is 19.4 Å². The predicted molar refractivity (Wildman–Crippen MR) is 114 cm³/mol. The molecule has 0 spiro atoms. The molecule has 0 aromatic carbocycles. The van der Waals surface area contributed by atoms with Crippen molar-refractivity contribution in [3.63, 3.8) is 0 Å². The fourth-order valence-electron chi connectivity index (χ4n) is 4.42. The number of thioether (sulfide) groups is 1. The lowest BCUT2D eigenvalue weighted by atomic mass is 9.96. The van der Waals surface area contributed by atoms with Crippen molar-refractivity contribution in [3.05, 3.63) is 77.6 Å². The number of hydrogen-bond donors (Lipinski definition) is 0. The number of aliphatic imine (C=N–C) groups is 1. The summed E-state index contributed by atoms with van der Waals surface area (Å²) in [5, 5.41) is 1.71. The molecule has 1 saturated heterocycles. The Morgan fingerprint density at radius 1 is 1.11 bits per heavy atom. The average Bonchev–Trinajstić information content (AvgIpc) is 3.33. The third-order valence-corrected chi connectivity index (χ3v) is 6.68. The van der Waals surface area contributed by atoms with Crippen molar-refractivity contribution in [1.29, 1.82) is 0 Å². The molecule has 0 saturated carbocycles.